The molecular formula is C23H20F3N3O4. The minimum absolute atomic E-state index is 0.0504. The third-order valence-electron chi connectivity index (χ3n) is 5.12. The first-order chi connectivity index (χ1) is 15.7. The van der Waals surface area contributed by atoms with Crippen LogP contribution < -0.4 is 16.1 Å². The third-order valence-corrected chi connectivity index (χ3v) is 5.12. The molecule has 0 radical (unpaired) electrons. The Hall–Kier alpha value is -3.82. The van der Waals surface area contributed by atoms with E-state index in [1.54, 1.807) is 24.3 Å². The van der Waals surface area contributed by atoms with E-state index < -0.39 is 40.8 Å². The number of carbonyl (C=O) groups excluding carboxylic acids is 2. The van der Waals surface area contributed by atoms with Gasteiger partial charge in [-0.1, -0.05) is 30.3 Å². The Morgan fingerprint density at radius 2 is 1.70 bits per heavy atom. The highest BCUT2D eigenvalue weighted by molar-refractivity contribution is 5.99. The van der Waals surface area contributed by atoms with Gasteiger partial charge in [-0.2, -0.15) is 13.2 Å². The van der Waals surface area contributed by atoms with Crippen LogP contribution in [0.25, 0.3) is 0 Å². The van der Waals surface area contributed by atoms with Crippen molar-refractivity contribution in [3.8, 4) is 0 Å². The lowest BCUT2D eigenvalue weighted by Gasteiger charge is -2.20. The topological polar surface area (TPSA) is 93.3 Å². The maximum Gasteiger partial charge on any atom is 0.415 e. The first-order valence-electron chi connectivity index (χ1n) is 10.2. The summed E-state index contributed by atoms with van der Waals surface area (Å²) in [5, 5.41) is 4.50. The first-order valence-corrected chi connectivity index (χ1v) is 10.2. The molecule has 2 heterocycles. The number of halogens is 3. The molecule has 3 aromatic rings. The van der Waals surface area contributed by atoms with Gasteiger partial charge in [-0.05, 0) is 30.5 Å². The lowest BCUT2D eigenvalue weighted by atomic mass is 10.1. The fourth-order valence-electron chi connectivity index (χ4n) is 3.31. The number of hydrogen-bond donors (Lipinski definition) is 2. The molecule has 0 spiro atoms. The molecule has 0 aliphatic heterocycles. The molecule has 1 saturated carbocycles. The molecule has 4 rings (SSSR count). The van der Waals surface area contributed by atoms with Gasteiger partial charge >= 0.3 is 6.18 Å². The van der Waals surface area contributed by atoms with E-state index in [0.717, 1.165) is 36.9 Å². The van der Waals surface area contributed by atoms with Gasteiger partial charge in [0, 0.05) is 25.0 Å². The number of nitrogens with zero attached hydrogens (tertiary/aromatic N) is 1. The Labute approximate surface area is 186 Å². The second-order valence-corrected chi connectivity index (χ2v) is 7.78. The summed E-state index contributed by atoms with van der Waals surface area (Å²) in [7, 11) is 0. The molecule has 2 amide bonds. The monoisotopic (exact) mass is 459 g/mol. The van der Waals surface area contributed by atoms with E-state index >= 15 is 0 Å². The first kappa shape index (κ1) is 22.4. The number of benzene rings is 1. The van der Waals surface area contributed by atoms with Crippen molar-refractivity contribution in [2.24, 2.45) is 0 Å². The molecule has 1 aliphatic rings. The van der Waals surface area contributed by atoms with Gasteiger partial charge in [0.25, 0.3) is 11.8 Å². The molecule has 1 fully saturated rings. The van der Waals surface area contributed by atoms with Crippen LogP contribution in [0.4, 0.5) is 13.2 Å². The molecule has 0 bridgehead atoms. The van der Waals surface area contributed by atoms with Crippen molar-refractivity contribution < 1.29 is 27.2 Å². The molecule has 1 aromatic carbocycles. The van der Waals surface area contributed by atoms with Gasteiger partial charge < -0.3 is 19.6 Å². The van der Waals surface area contributed by atoms with Gasteiger partial charge in [0.1, 0.15) is 16.9 Å². The van der Waals surface area contributed by atoms with E-state index in [1.165, 1.54) is 16.8 Å². The fourth-order valence-corrected chi connectivity index (χ4v) is 3.31. The second kappa shape index (κ2) is 8.97. The zero-order valence-electron chi connectivity index (χ0n) is 17.3. The minimum atomic E-state index is -4.86. The summed E-state index contributed by atoms with van der Waals surface area (Å²) in [5.74, 6) is -2.46. The number of amides is 2. The van der Waals surface area contributed by atoms with Crippen LogP contribution in [0.5, 0.6) is 0 Å². The second-order valence-electron chi connectivity index (χ2n) is 7.78. The van der Waals surface area contributed by atoms with E-state index in [2.05, 4.69) is 5.32 Å². The Kier molecular flexibility index (Phi) is 6.08. The van der Waals surface area contributed by atoms with Crippen LogP contribution in [0.1, 0.15) is 50.9 Å². The standard InChI is InChI=1S/C23H20F3N3O4/c24-23(25,26)20(18-7-4-10-33-18)28-22(32)17-13-29(11-14-5-2-1-3-6-14)12-16(19(17)30)21(31)27-15-8-9-15/h1-7,10,12-13,15,20H,8-9,11H2,(H,27,31)(H,28,32)/t20-/m0/s1. The van der Waals surface area contributed by atoms with Crippen molar-refractivity contribution in [1.82, 2.24) is 15.2 Å². The summed E-state index contributed by atoms with van der Waals surface area (Å²) >= 11 is 0. The number of carbonyl (C=O) groups is 2. The number of hydrogen-bond acceptors (Lipinski definition) is 4. The maximum absolute atomic E-state index is 13.6. The van der Waals surface area contributed by atoms with Crippen LogP contribution >= 0.6 is 0 Å². The lowest BCUT2D eigenvalue weighted by molar-refractivity contribution is -0.159. The summed E-state index contributed by atoms with van der Waals surface area (Å²) in [6.45, 7) is 0.200. The number of nitrogens with one attached hydrogen (secondary N) is 2. The summed E-state index contributed by atoms with van der Waals surface area (Å²) < 4.78 is 46.9. The van der Waals surface area contributed by atoms with Crippen molar-refractivity contribution in [1.29, 1.82) is 0 Å². The number of aromatic nitrogens is 1. The zero-order valence-corrected chi connectivity index (χ0v) is 17.3. The Bertz CT molecular complexity index is 1200. The predicted molar refractivity (Wildman–Crippen MR) is 112 cm³/mol. The smallest absolute Gasteiger partial charge is 0.415 e. The van der Waals surface area contributed by atoms with Crippen molar-refractivity contribution in [2.45, 2.75) is 37.6 Å². The molecule has 7 nitrogen and oxygen atoms in total. The summed E-state index contributed by atoms with van der Waals surface area (Å²) in [6.07, 6.45) is 0.195. The highest BCUT2D eigenvalue weighted by Crippen LogP contribution is 2.33. The van der Waals surface area contributed by atoms with Crippen LogP contribution in [-0.2, 0) is 6.54 Å². The normalized spacial score (nSPS) is 14.5. The molecule has 172 valence electrons. The van der Waals surface area contributed by atoms with Crippen LogP contribution in [0.2, 0.25) is 0 Å². The Morgan fingerprint density at radius 3 is 2.27 bits per heavy atom. The Morgan fingerprint density at radius 1 is 1.03 bits per heavy atom. The number of furan rings is 1. The summed E-state index contributed by atoms with van der Waals surface area (Å²) in [5.41, 5.74) is -1.03. The van der Waals surface area contributed by atoms with Gasteiger partial charge in [0.15, 0.2) is 6.04 Å². The van der Waals surface area contributed by atoms with Crippen LogP contribution in [0.3, 0.4) is 0 Å². The molecular weight excluding hydrogens is 439 g/mol. The van der Waals surface area contributed by atoms with Crippen molar-refractivity contribution in [2.75, 3.05) is 0 Å². The maximum atomic E-state index is 13.6. The molecule has 1 aliphatic carbocycles. The number of rotatable bonds is 7. The molecule has 33 heavy (non-hydrogen) atoms. The predicted octanol–water partition coefficient (Wildman–Crippen LogP) is 3.42. The van der Waals surface area contributed by atoms with Crippen LogP contribution in [0, 0.1) is 0 Å². The molecule has 2 aromatic heterocycles. The SMILES string of the molecule is O=C(NC1CC1)c1cn(Cc2ccccc2)cc(C(=O)N[C@@H](c2ccco2)C(F)(F)F)c1=O. The average Bonchev–Trinajstić information content (AvgIpc) is 3.42. The quantitative estimate of drug-likeness (QED) is 0.566. The lowest BCUT2D eigenvalue weighted by Crippen LogP contribution is -2.41. The van der Waals surface area contributed by atoms with Crippen LogP contribution in [0.15, 0.2) is 70.3 Å². The van der Waals surface area contributed by atoms with Gasteiger partial charge in [0.05, 0.1) is 6.26 Å². The van der Waals surface area contributed by atoms with E-state index in [9.17, 15) is 27.6 Å². The zero-order chi connectivity index (χ0) is 23.6. The molecule has 2 N–H and O–H groups in total. The van der Waals surface area contributed by atoms with Crippen LogP contribution in [-0.4, -0.2) is 28.6 Å². The highest BCUT2D eigenvalue weighted by atomic mass is 19.4. The van der Waals surface area contributed by atoms with Gasteiger partial charge in [-0.3, -0.25) is 14.4 Å². The summed E-state index contributed by atoms with van der Waals surface area (Å²) in [6, 6.07) is 8.84. The van der Waals surface area contributed by atoms with Crippen molar-refractivity contribution in [3.63, 3.8) is 0 Å². The molecule has 1 atom stereocenters. The van der Waals surface area contributed by atoms with E-state index in [1.807, 2.05) is 11.4 Å². The van der Waals surface area contributed by atoms with Gasteiger partial charge in [-0.15, -0.1) is 0 Å². The molecule has 0 unspecified atom stereocenters. The fraction of sp³-hybridized carbons (Fsp3) is 0.261. The summed E-state index contributed by atoms with van der Waals surface area (Å²) in [4.78, 5) is 38.4. The molecule has 0 saturated heterocycles. The number of pyridine rings is 1. The van der Waals surface area contributed by atoms with E-state index in [4.69, 9.17) is 4.42 Å². The van der Waals surface area contributed by atoms with Crippen molar-refractivity contribution in [3.05, 3.63) is 93.8 Å². The van der Waals surface area contributed by atoms with Gasteiger partial charge in [0.2, 0.25) is 5.43 Å². The van der Waals surface area contributed by atoms with E-state index in [0.29, 0.717) is 0 Å². The van der Waals surface area contributed by atoms with Crippen molar-refractivity contribution >= 4 is 11.8 Å². The average molecular weight is 459 g/mol. The van der Waals surface area contributed by atoms with E-state index in [-0.39, 0.29) is 18.2 Å². The number of alkyl halides is 3. The molecule has 10 heteroatoms. The minimum Gasteiger partial charge on any atom is -0.467 e. The largest absolute Gasteiger partial charge is 0.467 e. The highest BCUT2D eigenvalue weighted by Gasteiger charge is 2.44. The third kappa shape index (κ3) is 5.33. The van der Waals surface area contributed by atoms with Gasteiger partial charge in [-0.25, -0.2) is 0 Å². The Balaban J connectivity index is 1.70.